The Balaban J connectivity index is 1.64. The van der Waals surface area contributed by atoms with E-state index in [9.17, 15) is 18.3 Å². The van der Waals surface area contributed by atoms with Gasteiger partial charge in [0, 0.05) is 22.8 Å². The highest BCUT2D eigenvalue weighted by molar-refractivity contribution is 7.92. The standard InChI is InChI=1S/C22H19ClN2O4S/c1-30(28,29)24-20-13-18(7-9-21(20)26)25-11-10-16-12-15(4-8-19(16)22(25)27)14-2-5-17(23)6-3-14/h2-9,12-13,24,26H,10-11H2,1H3. The molecule has 0 saturated heterocycles. The average Bonchev–Trinajstić information content (AvgIpc) is 2.69. The summed E-state index contributed by atoms with van der Waals surface area (Å²) in [4.78, 5) is 14.7. The van der Waals surface area contributed by atoms with Gasteiger partial charge in [0.15, 0.2) is 0 Å². The van der Waals surface area contributed by atoms with E-state index >= 15 is 0 Å². The smallest absolute Gasteiger partial charge is 0.258 e. The van der Waals surface area contributed by atoms with Crippen molar-refractivity contribution in [3.05, 3.63) is 76.8 Å². The zero-order valence-electron chi connectivity index (χ0n) is 16.1. The summed E-state index contributed by atoms with van der Waals surface area (Å²) in [6.45, 7) is 0.443. The molecular formula is C22H19ClN2O4S. The molecule has 6 nitrogen and oxygen atoms in total. The van der Waals surface area contributed by atoms with Gasteiger partial charge in [0.05, 0.1) is 11.9 Å². The molecule has 0 unspecified atom stereocenters. The zero-order chi connectivity index (χ0) is 21.5. The number of sulfonamides is 1. The minimum absolute atomic E-state index is 0.0340. The van der Waals surface area contributed by atoms with Gasteiger partial charge in [-0.15, -0.1) is 0 Å². The van der Waals surface area contributed by atoms with Gasteiger partial charge < -0.3 is 10.0 Å². The Kier molecular flexibility index (Phi) is 5.17. The number of hydrogen-bond acceptors (Lipinski definition) is 4. The van der Waals surface area contributed by atoms with Crippen molar-refractivity contribution in [3.63, 3.8) is 0 Å². The second kappa shape index (κ2) is 7.66. The van der Waals surface area contributed by atoms with E-state index in [2.05, 4.69) is 4.72 Å². The normalized spacial score (nSPS) is 13.8. The van der Waals surface area contributed by atoms with Crippen LogP contribution in [0.5, 0.6) is 5.75 Å². The highest BCUT2D eigenvalue weighted by Crippen LogP contribution is 2.33. The molecule has 2 N–H and O–H groups in total. The fourth-order valence-corrected chi connectivity index (χ4v) is 4.22. The van der Waals surface area contributed by atoms with Crippen LogP contribution in [0.15, 0.2) is 60.7 Å². The van der Waals surface area contributed by atoms with Crippen molar-refractivity contribution < 1.29 is 18.3 Å². The number of benzene rings is 3. The lowest BCUT2D eigenvalue weighted by atomic mass is 9.94. The predicted octanol–water partition coefficient (Wildman–Crippen LogP) is 4.29. The van der Waals surface area contributed by atoms with Gasteiger partial charge in [0.1, 0.15) is 5.75 Å². The molecular weight excluding hydrogens is 424 g/mol. The summed E-state index contributed by atoms with van der Waals surface area (Å²) in [6.07, 6.45) is 1.65. The van der Waals surface area contributed by atoms with E-state index in [-0.39, 0.29) is 17.3 Å². The number of nitrogens with zero attached hydrogens (tertiary/aromatic N) is 1. The molecule has 0 radical (unpaired) electrons. The number of carbonyl (C=O) groups excluding carboxylic acids is 1. The summed E-state index contributed by atoms with van der Waals surface area (Å²) in [6, 6.07) is 17.7. The first-order valence-corrected chi connectivity index (χ1v) is 11.5. The molecule has 0 spiro atoms. The van der Waals surface area contributed by atoms with Gasteiger partial charge >= 0.3 is 0 Å². The second-order valence-corrected chi connectivity index (χ2v) is 9.35. The Morgan fingerprint density at radius 2 is 1.70 bits per heavy atom. The maximum atomic E-state index is 13.1. The van der Waals surface area contributed by atoms with Crippen LogP contribution in [0.25, 0.3) is 11.1 Å². The fourth-order valence-electron chi connectivity index (χ4n) is 3.53. The molecule has 1 aliphatic heterocycles. The number of nitrogens with one attached hydrogen (secondary N) is 1. The van der Waals surface area contributed by atoms with Gasteiger partial charge in [-0.2, -0.15) is 0 Å². The lowest BCUT2D eigenvalue weighted by Crippen LogP contribution is -2.37. The Morgan fingerprint density at radius 1 is 1.00 bits per heavy atom. The first-order chi connectivity index (χ1) is 14.2. The van der Waals surface area contributed by atoms with E-state index in [0.717, 1.165) is 22.9 Å². The Labute approximate surface area is 179 Å². The van der Waals surface area contributed by atoms with E-state index in [0.29, 0.717) is 29.2 Å². The van der Waals surface area contributed by atoms with Crippen LogP contribution in [0.2, 0.25) is 5.02 Å². The minimum atomic E-state index is -3.56. The van der Waals surface area contributed by atoms with Crippen molar-refractivity contribution in [1.29, 1.82) is 0 Å². The van der Waals surface area contributed by atoms with Gasteiger partial charge in [-0.3, -0.25) is 9.52 Å². The molecule has 3 aromatic carbocycles. The molecule has 0 bridgehead atoms. The van der Waals surface area contributed by atoms with Crippen molar-refractivity contribution in [2.45, 2.75) is 6.42 Å². The number of carbonyl (C=O) groups is 1. The quantitative estimate of drug-likeness (QED) is 0.590. The second-order valence-electron chi connectivity index (χ2n) is 7.16. The van der Waals surface area contributed by atoms with Gasteiger partial charge in [0.25, 0.3) is 5.91 Å². The Hall–Kier alpha value is -3.03. The van der Waals surface area contributed by atoms with Gasteiger partial charge in [-0.25, -0.2) is 8.42 Å². The molecule has 1 amide bonds. The van der Waals surface area contributed by atoms with Crippen molar-refractivity contribution in [2.24, 2.45) is 0 Å². The molecule has 0 fully saturated rings. The van der Waals surface area contributed by atoms with E-state index < -0.39 is 10.0 Å². The predicted molar refractivity (Wildman–Crippen MR) is 119 cm³/mol. The maximum absolute atomic E-state index is 13.1. The summed E-state index contributed by atoms with van der Waals surface area (Å²) >= 11 is 5.96. The molecule has 1 aliphatic rings. The summed E-state index contributed by atoms with van der Waals surface area (Å²) in [5.41, 5.74) is 4.13. The Morgan fingerprint density at radius 3 is 2.40 bits per heavy atom. The molecule has 154 valence electrons. The van der Waals surface area contributed by atoms with Crippen LogP contribution in [-0.4, -0.2) is 32.2 Å². The molecule has 0 saturated carbocycles. The molecule has 4 rings (SSSR count). The molecule has 8 heteroatoms. The molecule has 0 atom stereocenters. The number of amides is 1. The van der Waals surface area contributed by atoms with Crippen LogP contribution < -0.4 is 9.62 Å². The zero-order valence-corrected chi connectivity index (χ0v) is 17.7. The Bertz CT molecular complexity index is 1240. The number of phenols is 1. The summed E-state index contributed by atoms with van der Waals surface area (Å²) < 4.78 is 25.3. The third-order valence-electron chi connectivity index (χ3n) is 4.95. The van der Waals surface area contributed by atoms with Crippen LogP contribution in [0, 0.1) is 0 Å². The number of halogens is 1. The molecule has 0 aliphatic carbocycles. The number of phenolic OH excluding ortho intramolecular Hbond substituents is 1. The van der Waals surface area contributed by atoms with Crippen molar-refractivity contribution >= 4 is 38.9 Å². The first-order valence-electron chi connectivity index (χ1n) is 9.23. The van der Waals surface area contributed by atoms with Crippen molar-refractivity contribution in [3.8, 4) is 16.9 Å². The molecule has 1 heterocycles. The minimum Gasteiger partial charge on any atom is -0.506 e. The van der Waals surface area contributed by atoms with Crippen LogP contribution in [0.3, 0.4) is 0 Å². The van der Waals surface area contributed by atoms with E-state index in [4.69, 9.17) is 11.6 Å². The average molecular weight is 443 g/mol. The van der Waals surface area contributed by atoms with Gasteiger partial charge in [-0.05, 0) is 59.5 Å². The number of hydrogen-bond donors (Lipinski definition) is 2. The summed E-state index contributed by atoms with van der Waals surface area (Å²) in [5.74, 6) is -0.378. The van der Waals surface area contributed by atoms with Gasteiger partial charge in [-0.1, -0.05) is 35.9 Å². The molecule has 0 aromatic heterocycles. The SMILES string of the molecule is CS(=O)(=O)Nc1cc(N2CCc3cc(-c4ccc(Cl)cc4)ccc3C2=O)ccc1O. The van der Waals surface area contributed by atoms with Crippen LogP contribution in [-0.2, 0) is 16.4 Å². The number of aromatic hydroxyl groups is 1. The number of anilines is 2. The van der Waals surface area contributed by atoms with Crippen LogP contribution >= 0.6 is 11.6 Å². The van der Waals surface area contributed by atoms with Crippen LogP contribution in [0.4, 0.5) is 11.4 Å². The third-order valence-corrected chi connectivity index (χ3v) is 5.79. The number of fused-ring (bicyclic) bond motifs is 1. The highest BCUT2D eigenvalue weighted by Gasteiger charge is 2.26. The summed E-state index contributed by atoms with van der Waals surface area (Å²) in [7, 11) is -3.56. The first kappa shape index (κ1) is 20.3. The van der Waals surface area contributed by atoms with E-state index in [1.165, 1.54) is 12.1 Å². The highest BCUT2D eigenvalue weighted by atomic mass is 35.5. The third kappa shape index (κ3) is 4.13. The van der Waals surface area contributed by atoms with Gasteiger partial charge in [0.2, 0.25) is 10.0 Å². The molecule has 30 heavy (non-hydrogen) atoms. The van der Waals surface area contributed by atoms with E-state index in [1.54, 1.807) is 11.0 Å². The van der Waals surface area contributed by atoms with E-state index in [1.807, 2.05) is 42.5 Å². The topological polar surface area (TPSA) is 86.7 Å². The lowest BCUT2D eigenvalue weighted by molar-refractivity contribution is 0.0980. The fraction of sp³-hybridized carbons (Fsp3) is 0.136. The molecule has 3 aromatic rings. The summed E-state index contributed by atoms with van der Waals surface area (Å²) in [5, 5.41) is 10.6. The lowest BCUT2D eigenvalue weighted by Gasteiger charge is -2.29. The largest absolute Gasteiger partial charge is 0.506 e. The maximum Gasteiger partial charge on any atom is 0.258 e. The monoisotopic (exact) mass is 442 g/mol. The number of rotatable bonds is 4. The van der Waals surface area contributed by atoms with Crippen molar-refractivity contribution in [2.75, 3.05) is 22.4 Å². The van der Waals surface area contributed by atoms with Crippen molar-refractivity contribution in [1.82, 2.24) is 0 Å². The van der Waals surface area contributed by atoms with Crippen LogP contribution in [0.1, 0.15) is 15.9 Å².